The molecule has 0 saturated heterocycles. The summed E-state index contributed by atoms with van der Waals surface area (Å²) in [5.74, 6) is 2.13. The van der Waals surface area contributed by atoms with Gasteiger partial charge in [0.05, 0.1) is 0 Å². The van der Waals surface area contributed by atoms with Crippen LogP contribution in [0.15, 0.2) is 16.5 Å². The van der Waals surface area contributed by atoms with Crippen LogP contribution in [0.2, 0.25) is 0 Å². The van der Waals surface area contributed by atoms with Gasteiger partial charge in [-0.05, 0) is 19.2 Å². The average Bonchev–Trinajstić information content (AvgIpc) is 2.31. The third-order valence-corrected chi connectivity index (χ3v) is 1.39. The van der Waals surface area contributed by atoms with Crippen LogP contribution in [0.25, 0.3) is 0 Å². The fraction of sp³-hybridized carbons (Fsp3) is 0.429. The maximum Gasteiger partial charge on any atom is 0.285 e. The van der Waals surface area contributed by atoms with Gasteiger partial charge in [-0.25, -0.2) is 0 Å². The van der Waals surface area contributed by atoms with E-state index in [0.29, 0.717) is 11.9 Å². The number of furan rings is 1. The van der Waals surface area contributed by atoms with Gasteiger partial charge in [0.1, 0.15) is 11.7 Å². The van der Waals surface area contributed by atoms with Crippen LogP contribution in [0.1, 0.15) is 5.76 Å². The first-order valence-electron chi connectivity index (χ1n) is 3.01. The predicted molar refractivity (Wildman–Crippen MR) is 42.5 cm³/mol. The summed E-state index contributed by atoms with van der Waals surface area (Å²) in [6.45, 7) is 1.89. The molecule has 0 saturated carbocycles. The second-order valence-electron chi connectivity index (χ2n) is 1.92. The number of aryl methyl sites for hydroxylation is 1. The van der Waals surface area contributed by atoms with E-state index >= 15 is 0 Å². The van der Waals surface area contributed by atoms with Crippen LogP contribution in [0, 0.1) is 6.92 Å². The van der Waals surface area contributed by atoms with Gasteiger partial charge in [-0.1, -0.05) is 0 Å². The van der Waals surface area contributed by atoms with Crippen molar-refractivity contribution < 1.29 is 9.15 Å². The molecule has 0 aliphatic rings. The summed E-state index contributed by atoms with van der Waals surface area (Å²) in [5, 5.41) is 0. The largest absolute Gasteiger partial charge is 0.454 e. The molecule has 3 heteroatoms. The van der Waals surface area contributed by atoms with Gasteiger partial charge in [0.2, 0.25) is 0 Å². The molecule has 10 heavy (non-hydrogen) atoms. The topological polar surface area (TPSA) is 22.4 Å². The van der Waals surface area contributed by atoms with Gasteiger partial charge in [-0.2, -0.15) is 0 Å². The van der Waals surface area contributed by atoms with Crippen molar-refractivity contribution in [1.29, 1.82) is 0 Å². The highest BCUT2D eigenvalue weighted by molar-refractivity contribution is 7.98. The van der Waals surface area contributed by atoms with Gasteiger partial charge < -0.3 is 9.15 Å². The van der Waals surface area contributed by atoms with Gasteiger partial charge in [-0.3, -0.25) is 0 Å². The normalized spacial score (nSPS) is 9.80. The first-order valence-corrected chi connectivity index (χ1v) is 4.40. The zero-order chi connectivity index (χ0) is 7.40. The molecule has 0 spiro atoms. The molecule has 0 aromatic carbocycles. The second kappa shape index (κ2) is 3.56. The Labute approximate surface area is 64.6 Å². The van der Waals surface area contributed by atoms with Crippen molar-refractivity contribution in [3.8, 4) is 5.95 Å². The van der Waals surface area contributed by atoms with Crippen molar-refractivity contribution in [3.63, 3.8) is 0 Å². The van der Waals surface area contributed by atoms with Gasteiger partial charge >= 0.3 is 0 Å². The number of ether oxygens (including phenoxy) is 1. The lowest BCUT2D eigenvalue weighted by molar-refractivity contribution is 0.285. The number of rotatable bonds is 3. The Balaban J connectivity index is 2.42. The van der Waals surface area contributed by atoms with Crippen molar-refractivity contribution in [2.45, 2.75) is 6.92 Å². The average molecular weight is 158 g/mol. The van der Waals surface area contributed by atoms with E-state index in [4.69, 9.17) is 9.15 Å². The van der Waals surface area contributed by atoms with E-state index in [1.807, 2.05) is 25.3 Å². The summed E-state index contributed by atoms with van der Waals surface area (Å²) in [6.07, 6.45) is 1.98. The van der Waals surface area contributed by atoms with Crippen LogP contribution in [-0.2, 0) is 0 Å². The molecule has 1 aromatic heterocycles. The zero-order valence-electron chi connectivity index (χ0n) is 6.09. The third kappa shape index (κ3) is 1.99. The molecule has 0 aliphatic carbocycles. The van der Waals surface area contributed by atoms with E-state index < -0.39 is 0 Å². The Bertz CT molecular complexity index is 195. The van der Waals surface area contributed by atoms with Gasteiger partial charge in [0, 0.05) is 6.07 Å². The van der Waals surface area contributed by atoms with Crippen LogP contribution in [0.5, 0.6) is 5.95 Å². The lowest BCUT2D eigenvalue weighted by Crippen LogP contribution is -1.88. The molecular weight excluding hydrogens is 148 g/mol. The molecule has 0 amide bonds. The van der Waals surface area contributed by atoms with E-state index in [-0.39, 0.29) is 0 Å². The van der Waals surface area contributed by atoms with Crippen LogP contribution in [0.3, 0.4) is 0 Å². The molecule has 1 aromatic rings. The maximum atomic E-state index is 5.17. The van der Waals surface area contributed by atoms with Crippen molar-refractivity contribution >= 4 is 11.8 Å². The number of hydrogen-bond acceptors (Lipinski definition) is 3. The highest BCUT2D eigenvalue weighted by Crippen LogP contribution is 2.15. The summed E-state index contributed by atoms with van der Waals surface area (Å²) >= 11 is 1.62. The van der Waals surface area contributed by atoms with Crippen LogP contribution in [0.4, 0.5) is 0 Å². The first kappa shape index (κ1) is 7.54. The molecule has 0 atom stereocenters. The van der Waals surface area contributed by atoms with Gasteiger partial charge in [0.25, 0.3) is 5.95 Å². The quantitative estimate of drug-likeness (QED) is 0.630. The fourth-order valence-corrected chi connectivity index (χ4v) is 0.841. The Morgan fingerprint density at radius 3 is 2.90 bits per heavy atom. The molecular formula is C7H10O2S. The number of hydrogen-bond donors (Lipinski definition) is 0. The number of thioether (sulfide) groups is 1. The minimum atomic E-state index is 0.604. The van der Waals surface area contributed by atoms with Crippen molar-refractivity contribution in [3.05, 3.63) is 17.9 Å². The Kier molecular flexibility index (Phi) is 2.68. The standard InChI is InChI=1S/C7H10O2S/c1-6-3-4-7(9-6)8-5-10-2/h3-4H,5H2,1-2H3. The molecule has 0 aliphatic heterocycles. The van der Waals surface area contributed by atoms with E-state index in [1.54, 1.807) is 11.8 Å². The zero-order valence-corrected chi connectivity index (χ0v) is 6.90. The molecule has 1 heterocycles. The minimum absolute atomic E-state index is 0.604. The Hall–Kier alpha value is -0.570. The van der Waals surface area contributed by atoms with Crippen LogP contribution >= 0.6 is 11.8 Å². The lowest BCUT2D eigenvalue weighted by Gasteiger charge is -1.96. The molecule has 0 N–H and O–H groups in total. The van der Waals surface area contributed by atoms with Crippen molar-refractivity contribution in [1.82, 2.24) is 0 Å². The summed E-state index contributed by atoms with van der Waals surface area (Å²) < 4.78 is 10.3. The maximum absolute atomic E-state index is 5.17. The molecule has 1 rings (SSSR count). The molecule has 0 bridgehead atoms. The van der Waals surface area contributed by atoms with Crippen LogP contribution in [-0.4, -0.2) is 12.2 Å². The monoisotopic (exact) mass is 158 g/mol. The van der Waals surface area contributed by atoms with E-state index in [1.165, 1.54) is 0 Å². The summed E-state index contributed by atoms with van der Waals surface area (Å²) in [4.78, 5) is 0. The molecule has 2 nitrogen and oxygen atoms in total. The van der Waals surface area contributed by atoms with Crippen molar-refractivity contribution in [2.24, 2.45) is 0 Å². The fourth-order valence-electron chi connectivity index (χ4n) is 0.607. The minimum Gasteiger partial charge on any atom is -0.454 e. The molecule has 0 radical (unpaired) electrons. The summed E-state index contributed by atoms with van der Waals surface area (Å²) in [6, 6.07) is 3.71. The van der Waals surface area contributed by atoms with Gasteiger partial charge in [-0.15, -0.1) is 11.8 Å². The lowest BCUT2D eigenvalue weighted by atomic mass is 10.5. The highest BCUT2D eigenvalue weighted by Gasteiger charge is 1.96. The summed E-state index contributed by atoms with van der Waals surface area (Å²) in [5.41, 5.74) is 0. The Morgan fingerprint density at radius 2 is 2.40 bits per heavy atom. The summed E-state index contributed by atoms with van der Waals surface area (Å²) in [7, 11) is 0. The Morgan fingerprint density at radius 1 is 1.60 bits per heavy atom. The SMILES string of the molecule is CSCOc1ccc(C)o1. The predicted octanol–water partition coefficient (Wildman–Crippen LogP) is 2.29. The van der Waals surface area contributed by atoms with Crippen LogP contribution < -0.4 is 4.74 Å². The molecule has 0 unspecified atom stereocenters. The first-order chi connectivity index (χ1) is 4.83. The molecule has 0 fully saturated rings. The third-order valence-electron chi connectivity index (χ3n) is 1.03. The molecule has 56 valence electrons. The van der Waals surface area contributed by atoms with Crippen molar-refractivity contribution in [2.75, 3.05) is 12.2 Å². The highest BCUT2D eigenvalue weighted by atomic mass is 32.2. The van der Waals surface area contributed by atoms with E-state index in [2.05, 4.69) is 0 Å². The van der Waals surface area contributed by atoms with E-state index in [9.17, 15) is 0 Å². The second-order valence-corrected chi connectivity index (χ2v) is 2.73. The van der Waals surface area contributed by atoms with E-state index in [0.717, 1.165) is 5.76 Å². The smallest absolute Gasteiger partial charge is 0.285 e. The van der Waals surface area contributed by atoms with Gasteiger partial charge in [0.15, 0.2) is 0 Å².